The van der Waals surface area contributed by atoms with Crippen LogP contribution in [0.5, 0.6) is 0 Å². The molecular weight excluding hydrogens is 280 g/mol. The lowest BCUT2D eigenvalue weighted by molar-refractivity contribution is 0.262. The van der Waals surface area contributed by atoms with Gasteiger partial charge in [-0.3, -0.25) is 10.4 Å². The van der Waals surface area contributed by atoms with E-state index in [2.05, 4.69) is 32.7 Å². The van der Waals surface area contributed by atoms with Crippen molar-refractivity contribution in [1.29, 1.82) is 0 Å². The molecule has 7 nitrogen and oxygen atoms in total. The van der Waals surface area contributed by atoms with Gasteiger partial charge in [0.25, 0.3) is 0 Å². The molecule has 1 atom stereocenters. The van der Waals surface area contributed by atoms with Crippen molar-refractivity contribution in [3.05, 3.63) is 60.8 Å². The van der Waals surface area contributed by atoms with Crippen LogP contribution in [0.15, 0.2) is 55.2 Å². The largest absolute Gasteiger partial charge is 0.330 e. The highest BCUT2D eigenvalue weighted by molar-refractivity contribution is 5.99. The molecule has 0 spiro atoms. The Kier molecular flexibility index (Phi) is 3.86. The summed E-state index contributed by atoms with van der Waals surface area (Å²) in [7, 11) is 0. The molecule has 0 bridgehead atoms. The summed E-state index contributed by atoms with van der Waals surface area (Å²) in [5.41, 5.74) is 1.86. The standard InChI is InChI=1S/C15H16N6O/c1-11(21-9-8-16-10-21)12-2-4-13(5-3-12)18-15(22)19-14-6-7-17-20-14/h2-11H,1H3,(H3,17,18,19,20,22)/t11-/m0/s1. The van der Waals surface area contributed by atoms with Gasteiger partial charge >= 0.3 is 6.03 Å². The first-order valence-electron chi connectivity index (χ1n) is 6.87. The summed E-state index contributed by atoms with van der Waals surface area (Å²) in [5, 5.41) is 11.8. The number of aromatic amines is 1. The second-order valence-corrected chi connectivity index (χ2v) is 4.86. The number of amides is 2. The van der Waals surface area contributed by atoms with Crippen LogP contribution in [-0.2, 0) is 0 Å². The number of urea groups is 1. The predicted octanol–water partition coefficient (Wildman–Crippen LogP) is 2.86. The summed E-state index contributed by atoms with van der Waals surface area (Å²) in [5.74, 6) is 0.544. The number of nitrogens with one attached hydrogen (secondary N) is 3. The Hall–Kier alpha value is -3.09. The van der Waals surface area contributed by atoms with Crippen molar-refractivity contribution in [2.75, 3.05) is 10.6 Å². The average molecular weight is 296 g/mol. The van der Waals surface area contributed by atoms with Crippen LogP contribution in [0, 0.1) is 0 Å². The zero-order valence-electron chi connectivity index (χ0n) is 12.0. The van der Waals surface area contributed by atoms with Crippen LogP contribution in [0.2, 0.25) is 0 Å². The van der Waals surface area contributed by atoms with E-state index < -0.39 is 0 Å². The monoisotopic (exact) mass is 296 g/mol. The molecule has 0 fully saturated rings. The maximum atomic E-state index is 11.8. The van der Waals surface area contributed by atoms with E-state index in [-0.39, 0.29) is 12.1 Å². The van der Waals surface area contributed by atoms with Gasteiger partial charge in [-0.25, -0.2) is 9.78 Å². The quantitative estimate of drug-likeness (QED) is 0.691. The first-order valence-corrected chi connectivity index (χ1v) is 6.87. The van der Waals surface area contributed by atoms with Gasteiger partial charge < -0.3 is 9.88 Å². The molecule has 22 heavy (non-hydrogen) atoms. The molecule has 0 aliphatic carbocycles. The molecule has 0 aliphatic rings. The number of carbonyl (C=O) groups is 1. The highest BCUT2D eigenvalue weighted by atomic mass is 16.2. The summed E-state index contributed by atoms with van der Waals surface area (Å²) < 4.78 is 2.02. The van der Waals surface area contributed by atoms with Crippen LogP contribution >= 0.6 is 0 Å². The van der Waals surface area contributed by atoms with Crippen LogP contribution in [0.25, 0.3) is 0 Å². The van der Waals surface area contributed by atoms with Crippen LogP contribution < -0.4 is 10.6 Å². The summed E-state index contributed by atoms with van der Waals surface area (Å²) >= 11 is 0. The topological polar surface area (TPSA) is 87.6 Å². The van der Waals surface area contributed by atoms with E-state index in [1.165, 1.54) is 0 Å². The fourth-order valence-electron chi connectivity index (χ4n) is 2.13. The Morgan fingerprint density at radius 3 is 2.64 bits per heavy atom. The number of rotatable bonds is 4. The zero-order valence-corrected chi connectivity index (χ0v) is 12.0. The van der Waals surface area contributed by atoms with Crippen molar-refractivity contribution in [3.63, 3.8) is 0 Å². The fourth-order valence-corrected chi connectivity index (χ4v) is 2.13. The van der Waals surface area contributed by atoms with Crippen molar-refractivity contribution in [1.82, 2.24) is 19.7 Å². The van der Waals surface area contributed by atoms with Gasteiger partial charge in [0.2, 0.25) is 0 Å². The zero-order chi connectivity index (χ0) is 15.4. The molecular formula is C15H16N6O. The molecule has 3 rings (SSSR count). The second kappa shape index (κ2) is 6.13. The predicted molar refractivity (Wildman–Crippen MR) is 83.7 cm³/mol. The van der Waals surface area contributed by atoms with Crippen LogP contribution in [-0.4, -0.2) is 25.8 Å². The van der Waals surface area contributed by atoms with Crippen molar-refractivity contribution in [3.8, 4) is 0 Å². The highest BCUT2D eigenvalue weighted by Gasteiger charge is 2.08. The Labute approximate surface area is 127 Å². The van der Waals surface area contributed by atoms with Crippen molar-refractivity contribution in [2.45, 2.75) is 13.0 Å². The molecule has 2 amide bonds. The van der Waals surface area contributed by atoms with E-state index >= 15 is 0 Å². The van der Waals surface area contributed by atoms with Crippen molar-refractivity contribution < 1.29 is 4.79 Å². The summed E-state index contributed by atoms with van der Waals surface area (Å²) in [6.07, 6.45) is 7.04. The Morgan fingerprint density at radius 2 is 2.00 bits per heavy atom. The number of aromatic nitrogens is 4. The molecule has 2 heterocycles. The van der Waals surface area contributed by atoms with Crippen LogP contribution in [0.3, 0.4) is 0 Å². The van der Waals surface area contributed by atoms with Crippen LogP contribution in [0.4, 0.5) is 16.3 Å². The van der Waals surface area contributed by atoms with Crippen LogP contribution in [0.1, 0.15) is 18.5 Å². The number of benzene rings is 1. The number of hydrogen-bond donors (Lipinski definition) is 3. The van der Waals surface area contributed by atoms with Gasteiger partial charge in [0.15, 0.2) is 0 Å². The summed E-state index contributed by atoms with van der Waals surface area (Å²) in [6.45, 7) is 2.09. The molecule has 7 heteroatoms. The van der Waals surface area contributed by atoms with Crippen molar-refractivity contribution >= 4 is 17.5 Å². The molecule has 0 radical (unpaired) electrons. The molecule has 2 aromatic heterocycles. The highest BCUT2D eigenvalue weighted by Crippen LogP contribution is 2.19. The lowest BCUT2D eigenvalue weighted by atomic mass is 10.1. The molecule has 0 unspecified atom stereocenters. The smallest absolute Gasteiger partial charge is 0.324 e. The number of nitrogens with zero attached hydrogens (tertiary/aromatic N) is 3. The second-order valence-electron chi connectivity index (χ2n) is 4.86. The maximum Gasteiger partial charge on any atom is 0.324 e. The molecule has 0 saturated heterocycles. The lowest BCUT2D eigenvalue weighted by Gasteiger charge is -2.14. The minimum absolute atomic E-state index is 0.190. The van der Waals surface area contributed by atoms with E-state index in [4.69, 9.17) is 0 Å². The third-order valence-electron chi connectivity index (χ3n) is 3.37. The average Bonchev–Trinajstić information content (AvgIpc) is 3.20. The molecule has 0 aliphatic heterocycles. The molecule has 0 saturated carbocycles. The van der Waals surface area contributed by atoms with Gasteiger partial charge in [-0.1, -0.05) is 12.1 Å². The van der Waals surface area contributed by atoms with E-state index in [0.717, 1.165) is 11.3 Å². The number of anilines is 2. The van der Waals surface area contributed by atoms with E-state index in [9.17, 15) is 4.79 Å². The molecule has 1 aromatic carbocycles. The van der Waals surface area contributed by atoms with E-state index in [1.54, 1.807) is 24.8 Å². The van der Waals surface area contributed by atoms with Gasteiger partial charge in [0.05, 0.1) is 18.6 Å². The van der Waals surface area contributed by atoms with Gasteiger partial charge in [-0.2, -0.15) is 5.10 Å². The minimum Gasteiger partial charge on any atom is -0.330 e. The Morgan fingerprint density at radius 1 is 1.18 bits per heavy atom. The molecule has 3 N–H and O–H groups in total. The molecule has 112 valence electrons. The number of carbonyl (C=O) groups excluding carboxylic acids is 1. The van der Waals surface area contributed by atoms with Crippen molar-refractivity contribution in [2.24, 2.45) is 0 Å². The van der Waals surface area contributed by atoms with Gasteiger partial charge in [-0.15, -0.1) is 0 Å². The first kappa shape index (κ1) is 13.9. The van der Waals surface area contributed by atoms with Gasteiger partial charge in [0, 0.05) is 24.1 Å². The maximum absolute atomic E-state index is 11.8. The SMILES string of the molecule is C[C@@H](c1ccc(NC(=O)Nc2ccn[nH]2)cc1)n1ccnc1. The van der Waals surface area contributed by atoms with Gasteiger partial charge in [0.1, 0.15) is 5.82 Å². The Bertz CT molecular complexity index is 718. The lowest BCUT2D eigenvalue weighted by Crippen LogP contribution is -2.19. The number of imidazole rings is 1. The fraction of sp³-hybridized carbons (Fsp3) is 0.133. The van der Waals surface area contributed by atoms with E-state index in [0.29, 0.717) is 5.82 Å². The Balaban J connectivity index is 1.63. The number of H-pyrrole nitrogens is 1. The normalized spacial score (nSPS) is 11.9. The minimum atomic E-state index is -0.320. The summed E-state index contributed by atoms with van der Waals surface area (Å²) in [6, 6.07) is 9.25. The number of hydrogen-bond acceptors (Lipinski definition) is 3. The van der Waals surface area contributed by atoms with E-state index in [1.807, 2.05) is 35.0 Å². The summed E-state index contributed by atoms with van der Waals surface area (Å²) in [4.78, 5) is 15.9. The van der Waals surface area contributed by atoms with Gasteiger partial charge in [-0.05, 0) is 24.6 Å². The first-order chi connectivity index (χ1) is 10.7. The third-order valence-corrected chi connectivity index (χ3v) is 3.37. The molecule has 3 aromatic rings. The third kappa shape index (κ3) is 3.14.